The lowest BCUT2D eigenvalue weighted by molar-refractivity contribution is 0.0751. The molecule has 0 radical (unpaired) electrons. The number of carbonyl (C=O) groups excluding carboxylic acids is 1. The van der Waals surface area contributed by atoms with Crippen molar-refractivity contribution < 1.29 is 14.3 Å². The third-order valence-electron chi connectivity index (χ3n) is 2.82. The van der Waals surface area contributed by atoms with Crippen LogP contribution in [-0.4, -0.2) is 25.6 Å². The molecule has 0 aromatic heterocycles. The molecule has 0 aliphatic heterocycles. The van der Waals surface area contributed by atoms with Gasteiger partial charge in [-0.15, -0.1) is 0 Å². The molecule has 1 aromatic rings. The number of benzene rings is 1. The van der Waals surface area contributed by atoms with E-state index in [1.165, 1.54) is 0 Å². The second kappa shape index (κ2) is 9.56. The summed E-state index contributed by atoms with van der Waals surface area (Å²) in [6, 6.07) is 7.38. The maximum atomic E-state index is 12.1. The smallest absolute Gasteiger partial charge is 0.192 e. The Morgan fingerprint density at radius 1 is 1.05 bits per heavy atom. The molecule has 0 saturated heterocycles. The van der Waals surface area contributed by atoms with Gasteiger partial charge in [-0.3, -0.25) is 4.79 Å². The molecular formula is C16H24O3. The summed E-state index contributed by atoms with van der Waals surface area (Å²) in [4.78, 5) is 12.1. The summed E-state index contributed by atoms with van der Waals surface area (Å²) >= 11 is 0. The van der Waals surface area contributed by atoms with Gasteiger partial charge in [-0.05, 0) is 25.0 Å². The van der Waals surface area contributed by atoms with Crippen molar-refractivity contribution in [2.75, 3.05) is 19.8 Å². The predicted molar refractivity (Wildman–Crippen MR) is 76.9 cm³/mol. The number of rotatable bonds is 10. The Kier molecular flexibility index (Phi) is 7.91. The van der Waals surface area contributed by atoms with Crippen LogP contribution < -0.4 is 4.74 Å². The lowest BCUT2D eigenvalue weighted by atomic mass is 10.1. The molecule has 0 bridgehead atoms. The highest BCUT2D eigenvalue weighted by Crippen LogP contribution is 2.19. The largest absolute Gasteiger partial charge is 0.493 e. The van der Waals surface area contributed by atoms with Crippen LogP contribution >= 0.6 is 0 Å². The maximum absolute atomic E-state index is 12.1. The molecule has 106 valence electrons. The molecule has 0 amide bonds. The van der Waals surface area contributed by atoms with E-state index in [4.69, 9.17) is 9.47 Å². The van der Waals surface area contributed by atoms with E-state index in [0.29, 0.717) is 24.5 Å². The van der Waals surface area contributed by atoms with E-state index < -0.39 is 0 Å². The fraction of sp³-hybridized carbons (Fsp3) is 0.562. The number of Topliss-reactive ketones (excluding diaryl/α,β-unsaturated/α-hetero) is 1. The molecule has 0 fully saturated rings. The van der Waals surface area contributed by atoms with Gasteiger partial charge in [-0.1, -0.05) is 38.8 Å². The van der Waals surface area contributed by atoms with Crippen LogP contribution in [0.4, 0.5) is 0 Å². The SMILES string of the molecule is CCCCOCC(=O)c1ccccc1OCCCC. The Morgan fingerprint density at radius 3 is 2.47 bits per heavy atom. The molecule has 0 N–H and O–H groups in total. The maximum Gasteiger partial charge on any atom is 0.192 e. The molecule has 0 aliphatic rings. The average molecular weight is 264 g/mol. The molecule has 19 heavy (non-hydrogen) atoms. The van der Waals surface area contributed by atoms with Crippen LogP contribution in [0.3, 0.4) is 0 Å². The normalized spacial score (nSPS) is 10.4. The molecular weight excluding hydrogens is 240 g/mol. The summed E-state index contributed by atoms with van der Waals surface area (Å²) in [5, 5.41) is 0. The lowest BCUT2D eigenvalue weighted by Crippen LogP contribution is -2.12. The van der Waals surface area contributed by atoms with Gasteiger partial charge >= 0.3 is 0 Å². The molecule has 3 nitrogen and oxygen atoms in total. The van der Waals surface area contributed by atoms with Crippen LogP contribution in [0.15, 0.2) is 24.3 Å². The molecule has 3 heteroatoms. The lowest BCUT2D eigenvalue weighted by Gasteiger charge is -2.10. The zero-order chi connectivity index (χ0) is 13.9. The monoisotopic (exact) mass is 264 g/mol. The molecule has 0 saturated carbocycles. The Morgan fingerprint density at radius 2 is 1.74 bits per heavy atom. The van der Waals surface area contributed by atoms with Crippen molar-refractivity contribution in [1.82, 2.24) is 0 Å². The summed E-state index contributed by atoms with van der Waals surface area (Å²) in [5.41, 5.74) is 0.620. The first-order chi connectivity index (χ1) is 9.29. The Bertz CT molecular complexity index is 374. The number of hydrogen-bond donors (Lipinski definition) is 0. The average Bonchev–Trinajstić information content (AvgIpc) is 2.44. The minimum Gasteiger partial charge on any atom is -0.493 e. The molecule has 0 heterocycles. The second-order valence-corrected chi connectivity index (χ2v) is 4.53. The zero-order valence-corrected chi connectivity index (χ0v) is 12.0. The fourth-order valence-electron chi connectivity index (χ4n) is 1.64. The topological polar surface area (TPSA) is 35.5 Å². The van der Waals surface area contributed by atoms with E-state index in [9.17, 15) is 4.79 Å². The van der Waals surface area contributed by atoms with Crippen molar-refractivity contribution >= 4 is 5.78 Å². The number of ether oxygens (including phenoxy) is 2. The van der Waals surface area contributed by atoms with Gasteiger partial charge in [0.1, 0.15) is 12.4 Å². The predicted octanol–water partition coefficient (Wildman–Crippen LogP) is 3.86. The summed E-state index contributed by atoms with van der Waals surface area (Å²) in [6.45, 7) is 5.64. The van der Waals surface area contributed by atoms with E-state index in [1.54, 1.807) is 6.07 Å². The first-order valence-electron chi connectivity index (χ1n) is 7.12. The molecule has 0 atom stereocenters. The quantitative estimate of drug-likeness (QED) is 0.475. The summed E-state index contributed by atoms with van der Waals surface area (Å²) < 4.78 is 11.0. The second-order valence-electron chi connectivity index (χ2n) is 4.53. The van der Waals surface area contributed by atoms with Crippen molar-refractivity contribution in [1.29, 1.82) is 0 Å². The van der Waals surface area contributed by atoms with Crippen LogP contribution in [0.2, 0.25) is 0 Å². The minimum absolute atomic E-state index is 0.0109. The molecule has 0 unspecified atom stereocenters. The van der Waals surface area contributed by atoms with Crippen LogP contribution in [-0.2, 0) is 4.74 Å². The van der Waals surface area contributed by atoms with E-state index >= 15 is 0 Å². The first-order valence-corrected chi connectivity index (χ1v) is 7.12. The Hall–Kier alpha value is -1.35. The minimum atomic E-state index is -0.0109. The Balaban J connectivity index is 2.52. The van der Waals surface area contributed by atoms with Gasteiger partial charge in [-0.25, -0.2) is 0 Å². The summed E-state index contributed by atoms with van der Waals surface area (Å²) in [7, 11) is 0. The molecule has 0 spiro atoms. The standard InChI is InChI=1S/C16H24O3/c1-3-5-11-18-13-15(17)14-9-7-8-10-16(14)19-12-6-4-2/h7-10H,3-6,11-13H2,1-2H3. The van der Waals surface area contributed by atoms with E-state index in [-0.39, 0.29) is 12.4 Å². The van der Waals surface area contributed by atoms with Gasteiger partial charge < -0.3 is 9.47 Å². The highest BCUT2D eigenvalue weighted by molar-refractivity contribution is 5.99. The van der Waals surface area contributed by atoms with Gasteiger partial charge in [0.15, 0.2) is 5.78 Å². The molecule has 1 rings (SSSR count). The van der Waals surface area contributed by atoms with Crippen molar-refractivity contribution in [3.8, 4) is 5.75 Å². The summed E-state index contributed by atoms with van der Waals surface area (Å²) in [5.74, 6) is 0.656. The number of carbonyl (C=O) groups is 1. The van der Waals surface area contributed by atoms with Crippen LogP contribution in [0.1, 0.15) is 49.9 Å². The molecule has 0 aliphatic carbocycles. The third kappa shape index (κ3) is 5.88. The highest BCUT2D eigenvalue weighted by Gasteiger charge is 2.11. The fourth-order valence-corrected chi connectivity index (χ4v) is 1.64. The van der Waals surface area contributed by atoms with Gasteiger partial charge in [0.2, 0.25) is 0 Å². The van der Waals surface area contributed by atoms with Crippen molar-refractivity contribution in [2.24, 2.45) is 0 Å². The summed E-state index contributed by atoms with van der Waals surface area (Å²) in [6.07, 6.45) is 4.14. The van der Waals surface area contributed by atoms with Crippen molar-refractivity contribution in [3.05, 3.63) is 29.8 Å². The highest BCUT2D eigenvalue weighted by atomic mass is 16.5. The van der Waals surface area contributed by atoms with E-state index in [0.717, 1.165) is 25.7 Å². The van der Waals surface area contributed by atoms with Gasteiger partial charge in [-0.2, -0.15) is 0 Å². The number of para-hydroxylation sites is 1. The zero-order valence-electron chi connectivity index (χ0n) is 12.0. The van der Waals surface area contributed by atoms with Crippen LogP contribution in [0, 0.1) is 0 Å². The van der Waals surface area contributed by atoms with Gasteiger partial charge in [0.05, 0.1) is 12.2 Å². The number of unbranched alkanes of at least 4 members (excludes halogenated alkanes) is 2. The van der Waals surface area contributed by atoms with Gasteiger partial charge in [0.25, 0.3) is 0 Å². The van der Waals surface area contributed by atoms with E-state index in [1.807, 2.05) is 18.2 Å². The van der Waals surface area contributed by atoms with E-state index in [2.05, 4.69) is 13.8 Å². The van der Waals surface area contributed by atoms with Crippen molar-refractivity contribution in [3.63, 3.8) is 0 Å². The van der Waals surface area contributed by atoms with Crippen LogP contribution in [0.25, 0.3) is 0 Å². The first kappa shape index (κ1) is 15.7. The number of ketones is 1. The number of hydrogen-bond acceptors (Lipinski definition) is 3. The molecule has 1 aromatic carbocycles. The third-order valence-corrected chi connectivity index (χ3v) is 2.82. The Labute approximate surface area is 115 Å². The van der Waals surface area contributed by atoms with Gasteiger partial charge in [0, 0.05) is 6.61 Å². The van der Waals surface area contributed by atoms with Crippen LogP contribution in [0.5, 0.6) is 5.75 Å². The van der Waals surface area contributed by atoms with Crippen molar-refractivity contribution in [2.45, 2.75) is 39.5 Å².